The maximum atomic E-state index is 11.9. The Morgan fingerprint density at radius 2 is 2.20 bits per heavy atom. The molecule has 110 valence electrons. The lowest BCUT2D eigenvalue weighted by molar-refractivity contribution is -0.121. The van der Waals surface area contributed by atoms with E-state index in [1.807, 2.05) is 25.3 Å². The fourth-order valence-corrected chi connectivity index (χ4v) is 3.06. The minimum absolute atomic E-state index is 0.0471. The SMILES string of the molecule is CC(NC(=O)CCCC1CCCCC1)c1cccnc1. The van der Waals surface area contributed by atoms with Crippen LogP contribution in [-0.4, -0.2) is 10.9 Å². The molecule has 0 aliphatic heterocycles. The van der Waals surface area contributed by atoms with Crippen molar-refractivity contribution in [3.63, 3.8) is 0 Å². The van der Waals surface area contributed by atoms with E-state index < -0.39 is 0 Å². The Kier molecular flexibility index (Phi) is 6.03. The molecule has 3 nitrogen and oxygen atoms in total. The molecule has 20 heavy (non-hydrogen) atoms. The molecule has 1 aromatic rings. The summed E-state index contributed by atoms with van der Waals surface area (Å²) in [5.41, 5.74) is 1.06. The molecule has 0 radical (unpaired) electrons. The van der Waals surface area contributed by atoms with Gasteiger partial charge in [0.25, 0.3) is 0 Å². The predicted octanol–water partition coefficient (Wildman–Crippen LogP) is 4.01. The Bertz CT molecular complexity index is 399. The summed E-state index contributed by atoms with van der Waals surface area (Å²) in [4.78, 5) is 16.0. The van der Waals surface area contributed by atoms with Crippen LogP contribution in [0.5, 0.6) is 0 Å². The van der Waals surface area contributed by atoms with Crippen molar-refractivity contribution in [3.05, 3.63) is 30.1 Å². The summed E-state index contributed by atoms with van der Waals surface area (Å²) in [6.45, 7) is 2.01. The molecule has 1 amide bonds. The first kappa shape index (κ1) is 15.0. The third kappa shape index (κ3) is 4.95. The van der Waals surface area contributed by atoms with E-state index in [0.717, 1.165) is 17.9 Å². The lowest BCUT2D eigenvalue weighted by atomic mass is 9.86. The van der Waals surface area contributed by atoms with Gasteiger partial charge in [-0.1, -0.05) is 38.2 Å². The fourth-order valence-electron chi connectivity index (χ4n) is 3.06. The largest absolute Gasteiger partial charge is 0.350 e. The van der Waals surface area contributed by atoms with Gasteiger partial charge in [-0.05, 0) is 37.3 Å². The zero-order valence-electron chi connectivity index (χ0n) is 12.5. The van der Waals surface area contributed by atoms with E-state index in [-0.39, 0.29) is 11.9 Å². The number of nitrogens with one attached hydrogen (secondary N) is 1. The van der Waals surface area contributed by atoms with Gasteiger partial charge in [0.2, 0.25) is 5.91 Å². The number of nitrogens with zero attached hydrogens (tertiary/aromatic N) is 1. The molecule has 1 unspecified atom stereocenters. The molecule has 1 atom stereocenters. The molecule has 0 spiro atoms. The Morgan fingerprint density at radius 3 is 2.90 bits per heavy atom. The molecule has 1 saturated carbocycles. The number of pyridine rings is 1. The lowest BCUT2D eigenvalue weighted by Gasteiger charge is -2.21. The Hall–Kier alpha value is -1.38. The first-order valence-electron chi connectivity index (χ1n) is 7.95. The standard InChI is InChI=1S/C17H26N2O/c1-14(16-10-6-12-18-13-16)19-17(20)11-5-9-15-7-3-2-4-8-15/h6,10,12-15H,2-5,7-9,11H2,1H3,(H,19,20). The van der Waals surface area contributed by atoms with Crippen LogP contribution in [0.15, 0.2) is 24.5 Å². The van der Waals surface area contributed by atoms with Gasteiger partial charge in [0.15, 0.2) is 0 Å². The highest BCUT2D eigenvalue weighted by Crippen LogP contribution is 2.27. The van der Waals surface area contributed by atoms with Crippen molar-refractivity contribution in [3.8, 4) is 0 Å². The summed E-state index contributed by atoms with van der Waals surface area (Å²) in [6.07, 6.45) is 13.4. The lowest BCUT2D eigenvalue weighted by Crippen LogP contribution is -2.26. The minimum atomic E-state index is 0.0471. The summed E-state index contributed by atoms with van der Waals surface area (Å²) < 4.78 is 0. The molecule has 0 aromatic carbocycles. The molecule has 1 aliphatic carbocycles. The average Bonchev–Trinajstić information content (AvgIpc) is 2.49. The molecule has 1 heterocycles. The van der Waals surface area contributed by atoms with Gasteiger partial charge in [-0.2, -0.15) is 0 Å². The maximum absolute atomic E-state index is 11.9. The van der Waals surface area contributed by atoms with Gasteiger partial charge in [0, 0.05) is 18.8 Å². The quantitative estimate of drug-likeness (QED) is 0.851. The molecule has 0 bridgehead atoms. The zero-order valence-corrected chi connectivity index (χ0v) is 12.5. The van der Waals surface area contributed by atoms with E-state index in [1.54, 1.807) is 6.20 Å². The van der Waals surface area contributed by atoms with Gasteiger partial charge < -0.3 is 5.32 Å². The Labute approximate surface area is 122 Å². The molecular weight excluding hydrogens is 248 g/mol. The van der Waals surface area contributed by atoms with Crippen molar-refractivity contribution in [2.45, 2.75) is 64.3 Å². The van der Waals surface area contributed by atoms with Crippen molar-refractivity contribution in [1.29, 1.82) is 0 Å². The van der Waals surface area contributed by atoms with E-state index >= 15 is 0 Å². The third-order valence-electron chi connectivity index (χ3n) is 4.30. The van der Waals surface area contributed by atoms with Gasteiger partial charge in [0.05, 0.1) is 6.04 Å². The molecule has 1 aliphatic rings. The van der Waals surface area contributed by atoms with Crippen LogP contribution in [0.25, 0.3) is 0 Å². The van der Waals surface area contributed by atoms with Crippen LogP contribution in [0.2, 0.25) is 0 Å². The van der Waals surface area contributed by atoms with Crippen LogP contribution in [0, 0.1) is 5.92 Å². The highest BCUT2D eigenvalue weighted by molar-refractivity contribution is 5.76. The molecule has 1 aromatic heterocycles. The number of carbonyl (C=O) groups is 1. The second kappa shape index (κ2) is 8.03. The third-order valence-corrected chi connectivity index (χ3v) is 4.30. The summed E-state index contributed by atoms with van der Waals surface area (Å²) in [7, 11) is 0. The molecule has 2 rings (SSSR count). The van der Waals surface area contributed by atoms with Crippen LogP contribution in [0.3, 0.4) is 0 Å². The summed E-state index contributed by atoms with van der Waals surface area (Å²) in [5.74, 6) is 1.03. The highest BCUT2D eigenvalue weighted by Gasteiger charge is 2.14. The van der Waals surface area contributed by atoms with E-state index in [9.17, 15) is 4.79 Å². The van der Waals surface area contributed by atoms with E-state index in [1.165, 1.54) is 38.5 Å². The van der Waals surface area contributed by atoms with Crippen molar-refractivity contribution in [2.24, 2.45) is 5.92 Å². The number of aromatic nitrogens is 1. The van der Waals surface area contributed by atoms with Gasteiger partial charge >= 0.3 is 0 Å². The average molecular weight is 274 g/mol. The normalized spacial score (nSPS) is 17.6. The number of carbonyl (C=O) groups excluding carboxylic acids is 1. The van der Waals surface area contributed by atoms with Crippen molar-refractivity contribution in [2.75, 3.05) is 0 Å². The number of hydrogen-bond donors (Lipinski definition) is 1. The topological polar surface area (TPSA) is 42.0 Å². The van der Waals surface area contributed by atoms with Crippen molar-refractivity contribution >= 4 is 5.91 Å². The zero-order chi connectivity index (χ0) is 14.2. The van der Waals surface area contributed by atoms with Gasteiger partial charge in [-0.3, -0.25) is 9.78 Å². The molecule has 3 heteroatoms. The maximum Gasteiger partial charge on any atom is 0.220 e. The summed E-state index contributed by atoms with van der Waals surface area (Å²) in [5, 5.41) is 3.05. The second-order valence-electron chi connectivity index (χ2n) is 5.97. The van der Waals surface area contributed by atoms with Crippen LogP contribution < -0.4 is 5.32 Å². The van der Waals surface area contributed by atoms with E-state index in [4.69, 9.17) is 0 Å². The summed E-state index contributed by atoms with van der Waals surface area (Å²) in [6, 6.07) is 3.95. The predicted molar refractivity (Wildman–Crippen MR) is 81.2 cm³/mol. The van der Waals surface area contributed by atoms with E-state index in [0.29, 0.717) is 6.42 Å². The molecule has 0 saturated heterocycles. The van der Waals surface area contributed by atoms with Gasteiger partial charge in [0.1, 0.15) is 0 Å². The number of rotatable bonds is 6. The smallest absolute Gasteiger partial charge is 0.220 e. The summed E-state index contributed by atoms with van der Waals surface area (Å²) >= 11 is 0. The number of hydrogen-bond acceptors (Lipinski definition) is 2. The van der Waals surface area contributed by atoms with Gasteiger partial charge in [-0.25, -0.2) is 0 Å². The highest BCUT2D eigenvalue weighted by atomic mass is 16.1. The van der Waals surface area contributed by atoms with Gasteiger partial charge in [-0.15, -0.1) is 0 Å². The van der Waals surface area contributed by atoms with Crippen LogP contribution >= 0.6 is 0 Å². The van der Waals surface area contributed by atoms with Crippen LogP contribution in [-0.2, 0) is 4.79 Å². The molecule has 1 fully saturated rings. The molecule has 1 N–H and O–H groups in total. The second-order valence-corrected chi connectivity index (χ2v) is 5.97. The first-order chi connectivity index (χ1) is 9.75. The van der Waals surface area contributed by atoms with Crippen molar-refractivity contribution in [1.82, 2.24) is 10.3 Å². The minimum Gasteiger partial charge on any atom is -0.350 e. The number of amides is 1. The van der Waals surface area contributed by atoms with Crippen LogP contribution in [0.1, 0.15) is 69.9 Å². The fraction of sp³-hybridized carbons (Fsp3) is 0.647. The van der Waals surface area contributed by atoms with E-state index in [2.05, 4.69) is 10.3 Å². The van der Waals surface area contributed by atoms with Crippen LogP contribution in [0.4, 0.5) is 0 Å². The monoisotopic (exact) mass is 274 g/mol. The first-order valence-corrected chi connectivity index (χ1v) is 7.95. The Morgan fingerprint density at radius 1 is 1.40 bits per heavy atom. The van der Waals surface area contributed by atoms with Crippen molar-refractivity contribution < 1.29 is 4.79 Å². The Balaban J connectivity index is 1.65. The molecular formula is C17H26N2O.